The van der Waals surface area contributed by atoms with Gasteiger partial charge in [-0.3, -0.25) is 13.9 Å². The highest BCUT2D eigenvalue weighted by atomic mass is 32.2. The maximum Gasteiger partial charge on any atom is 0.264 e. The maximum atomic E-state index is 14.0. The molecule has 8 nitrogen and oxygen atoms in total. The summed E-state index contributed by atoms with van der Waals surface area (Å²) < 4.78 is 34.8. The smallest absolute Gasteiger partial charge is 0.264 e. The number of hydrogen-bond donors (Lipinski definition) is 1. The summed E-state index contributed by atoms with van der Waals surface area (Å²) in [5.74, 6) is 0.337. The van der Waals surface area contributed by atoms with Crippen molar-refractivity contribution in [2.45, 2.75) is 37.8 Å². The zero-order valence-corrected chi connectivity index (χ0v) is 24.5. The van der Waals surface area contributed by atoms with Gasteiger partial charge in [-0.2, -0.15) is 0 Å². The van der Waals surface area contributed by atoms with E-state index in [9.17, 15) is 18.0 Å². The molecule has 218 valence electrons. The summed E-state index contributed by atoms with van der Waals surface area (Å²) >= 11 is 0. The van der Waals surface area contributed by atoms with Gasteiger partial charge in [0.2, 0.25) is 11.8 Å². The third-order valence-corrected chi connectivity index (χ3v) is 8.41. The summed E-state index contributed by atoms with van der Waals surface area (Å²) in [7, 11) is -4.14. The number of anilines is 1. The molecular formula is C33H35N3O5S. The number of carbonyl (C=O) groups is 2. The van der Waals surface area contributed by atoms with E-state index in [0.717, 1.165) is 16.3 Å². The van der Waals surface area contributed by atoms with Crippen molar-refractivity contribution < 1.29 is 22.7 Å². The van der Waals surface area contributed by atoms with Crippen LogP contribution in [0, 0.1) is 0 Å². The first-order chi connectivity index (χ1) is 20.3. The minimum atomic E-state index is -4.14. The van der Waals surface area contributed by atoms with E-state index >= 15 is 0 Å². The fraction of sp³-hybridized carbons (Fsp3) is 0.212. The van der Waals surface area contributed by atoms with E-state index in [2.05, 4.69) is 5.32 Å². The fourth-order valence-corrected chi connectivity index (χ4v) is 5.75. The largest absolute Gasteiger partial charge is 0.457 e. The maximum absolute atomic E-state index is 14.0. The van der Waals surface area contributed by atoms with Crippen LogP contribution in [0.15, 0.2) is 120 Å². The van der Waals surface area contributed by atoms with Crippen molar-refractivity contribution in [2.75, 3.05) is 17.4 Å². The minimum Gasteiger partial charge on any atom is -0.457 e. The topological polar surface area (TPSA) is 96.0 Å². The molecule has 0 aliphatic rings. The standard InChI is InChI=1S/C33H35N3O5S/c1-3-23-34-33(38)26(2)35(24-27-13-7-4-8-14-27)32(37)25-36(42(39,40)31-17-11-6-12-18-31)28-19-21-30(22-20-28)41-29-15-9-5-10-16-29/h4-22,26H,3,23-25H2,1-2H3,(H,34,38)/t26-/m1/s1. The van der Waals surface area contributed by atoms with Crippen molar-refractivity contribution in [2.24, 2.45) is 0 Å². The number of ether oxygens (including phenoxy) is 1. The highest BCUT2D eigenvalue weighted by molar-refractivity contribution is 7.92. The van der Waals surface area contributed by atoms with Crippen LogP contribution in [0.1, 0.15) is 25.8 Å². The quantitative estimate of drug-likeness (QED) is 0.220. The third kappa shape index (κ3) is 7.76. The normalized spacial score (nSPS) is 11.8. The molecule has 0 fully saturated rings. The third-order valence-electron chi connectivity index (χ3n) is 6.63. The summed E-state index contributed by atoms with van der Waals surface area (Å²) in [5.41, 5.74) is 1.11. The van der Waals surface area contributed by atoms with E-state index in [1.165, 1.54) is 17.0 Å². The van der Waals surface area contributed by atoms with E-state index in [-0.39, 0.29) is 23.0 Å². The number of nitrogens with one attached hydrogen (secondary N) is 1. The summed E-state index contributed by atoms with van der Waals surface area (Å²) in [5, 5.41) is 2.84. The molecule has 0 saturated carbocycles. The molecule has 0 spiro atoms. The van der Waals surface area contributed by atoms with Gasteiger partial charge in [0, 0.05) is 13.1 Å². The Labute approximate surface area is 247 Å². The minimum absolute atomic E-state index is 0.0470. The lowest BCUT2D eigenvalue weighted by atomic mass is 10.1. The van der Waals surface area contributed by atoms with Gasteiger partial charge >= 0.3 is 0 Å². The molecule has 42 heavy (non-hydrogen) atoms. The van der Waals surface area contributed by atoms with Gasteiger partial charge in [-0.05, 0) is 67.4 Å². The van der Waals surface area contributed by atoms with Crippen LogP contribution in [0.3, 0.4) is 0 Å². The summed E-state index contributed by atoms with van der Waals surface area (Å²) in [6.07, 6.45) is 0.748. The number of nitrogens with zero attached hydrogens (tertiary/aromatic N) is 2. The predicted octanol–water partition coefficient (Wildman–Crippen LogP) is 5.62. The molecule has 0 aliphatic heterocycles. The van der Waals surface area contributed by atoms with E-state index in [0.29, 0.717) is 18.0 Å². The second-order valence-electron chi connectivity index (χ2n) is 9.71. The van der Waals surface area contributed by atoms with Crippen molar-refractivity contribution in [3.05, 3.63) is 121 Å². The molecule has 9 heteroatoms. The molecule has 4 aromatic rings. The first-order valence-corrected chi connectivity index (χ1v) is 15.3. The molecule has 1 N–H and O–H groups in total. The van der Waals surface area contributed by atoms with Crippen LogP contribution in [0.25, 0.3) is 0 Å². The number of rotatable bonds is 13. The van der Waals surface area contributed by atoms with Gasteiger partial charge < -0.3 is 15.0 Å². The molecule has 0 saturated heterocycles. The Bertz CT molecular complexity index is 1550. The van der Waals surface area contributed by atoms with Gasteiger partial charge in [0.25, 0.3) is 10.0 Å². The second kappa shape index (κ2) is 14.3. The summed E-state index contributed by atoms with van der Waals surface area (Å²) in [6, 6.07) is 32.2. The number of amides is 2. The van der Waals surface area contributed by atoms with Crippen LogP contribution in [-0.2, 0) is 26.2 Å². The second-order valence-corrected chi connectivity index (χ2v) is 11.6. The molecule has 1 atom stereocenters. The highest BCUT2D eigenvalue weighted by Crippen LogP contribution is 2.28. The average molecular weight is 586 g/mol. The average Bonchev–Trinajstić information content (AvgIpc) is 3.02. The van der Waals surface area contributed by atoms with Crippen LogP contribution in [0.4, 0.5) is 5.69 Å². The van der Waals surface area contributed by atoms with Crippen LogP contribution in [0.5, 0.6) is 11.5 Å². The lowest BCUT2D eigenvalue weighted by molar-refractivity contribution is -0.139. The lowest BCUT2D eigenvalue weighted by Crippen LogP contribution is -2.51. The Balaban J connectivity index is 1.67. The van der Waals surface area contributed by atoms with Crippen molar-refractivity contribution in [1.82, 2.24) is 10.2 Å². The summed E-state index contributed by atoms with van der Waals surface area (Å²) in [4.78, 5) is 28.4. The Morgan fingerprint density at radius 2 is 1.33 bits per heavy atom. The van der Waals surface area contributed by atoms with Gasteiger partial charge in [0.1, 0.15) is 24.1 Å². The van der Waals surface area contributed by atoms with E-state index < -0.39 is 28.5 Å². The zero-order chi connectivity index (χ0) is 30.0. The molecule has 4 aromatic carbocycles. The van der Waals surface area contributed by atoms with Crippen molar-refractivity contribution in [3.8, 4) is 11.5 Å². The molecule has 2 amide bonds. The van der Waals surface area contributed by atoms with Crippen molar-refractivity contribution in [1.29, 1.82) is 0 Å². The lowest BCUT2D eigenvalue weighted by Gasteiger charge is -2.32. The summed E-state index contributed by atoms with van der Waals surface area (Å²) in [6.45, 7) is 3.71. The molecule has 0 heterocycles. The van der Waals surface area contributed by atoms with Crippen LogP contribution < -0.4 is 14.4 Å². The first kappa shape index (κ1) is 30.3. The highest BCUT2D eigenvalue weighted by Gasteiger charge is 2.32. The number of benzene rings is 4. The van der Waals surface area contributed by atoms with Gasteiger partial charge in [-0.1, -0.05) is 73.7 Å². The Hall–Kier alpha value is -4.63. The number of para-hydroxylation sites is 1. The van der Waals surface area contributed by atoms with E-state index in [1.54, 1.807) is 49.4 Å². The molecular weight excluding hydrogens is 550 g/mol. The predicted molar refractivity (Wildman–Crippen MR) is 164 cm³/mol. The van der Waals surface area contributed by atoms with E-state index in [4.69, 9.17) is 4.74 Å². The first-order valence-electron chi connectivity index (χ1n) is 13.8. The number of sulfonamides is 1. The molecule has 0 aliphatic carbocycles. The Morgan fingerprint density at radius 1 is 0.786 bits per heavy atom. The van der Waals surface area contributed by atoms with Crippen molar-refractivity contribution >= 4 is 27.5 Å². The van der Waals surface area contributed by atoms with Gasteiger partial charge in [0.15, 0.2) is 0 Å². The Morgan fingerprint density at radius 3 is 1.93 bits per heavy atom. The fourth-order valence-electron chi connectivity index (χ4n) is 4.31. The Kier molecular flexibility index (Phi) is 10.3. The van der Waals surface area contributed by atoms with Crippen LogP contribution >= 0.6 is 0 Å². The number of hydrogen-bond acceptors (Lipinski definition) is 5. The number of carbonyl (C=O) groups excluding carboxylic acids is 2. The molecule has 0 unspecified atom stereocenters. The van der Waals surface area contributed by atoms with Gasteiger partial charge in [-0.15, -0.1) is 0 Å². The van der Waals surface area contributed by atoms with Gasteiger partial charge in [-0.25, -0.2) is 8.42 Å². The SMILES string of the molecule is CCCNC(=O)[C@@H](C)N(Cc1ccccc1)C(=O)CN(c1ccc(Oc2ccccc2)cc1)S(=O)(=O)c1ccccc1. The van der Waals surface area contributed by atoms with Gasteiger partial charge in [0.05, 0.1) is 10.6 Å². The molecule has 0 aromatic heterocycles. The molecule has 0 bridgehead atoms. The van der Waals surface area contributed by atoms with Crippen LogP contribution in [0.2, 0.25) is 0 Å². The monoisotopic (exact) mass is 585 g/mol. The molecule has 0 radical (unpaired) electrons. The zero-order valence-electron chi connectivity index (χ0n) is 23.7. The van der Waals surface area contributed by atoms with Crippen molar-refractivity contribution in [3.63, 3.8) is 0 Å². The van der Waals surface area contributed by atoms with E-state index in [1.807, 2.05) is 67.6 Å². The van der Waals surface area contributed by atoms with Crippen LogP contribution in [-0.4, -0.2) is 44.3 Å². The molecule has 4 rings (SSSR count).